The van der Waals surface area contributed by atoms with Crippen LogP contribution in [0.4, 0.5) is 0 Å². The van der Waals surface area contributed by atoms with Crippen molar-refractivity contribution in [3.63, 3.8) is 0 Å². The van der Waals surface area contributed by atoms with Crippen LogP contribution < -0.4 is 0 Å². The van der Waals surface area contributed by atoms with Gasteiger partial charge in [-0.05, 0) is 43.0 Å². The summed E-state index contributed by atoms with van der Waals surface area (Å²) in [7, 11) is 0. The van der Waals surface area contributed by atoms with Crippen molar-refractivity contribution in [1.82, 2.24) is 4.90 Å². The van der Waals surface area contributed by atoms with E-state index in [1.165, 1.54) is 5.56 Å². The lowest BCUT2D eigenvalue weighted by atomic mass is 10.1. The fourth-order valence-corrected chi connectivity index (χ4v) is 2.81. The maximum Gasteiger partial charge on any atom is 0.246 e. The van der Waals surface area contributed by atoms with Gasteiger partial charge < -0.3 is 10.0 Å². The Morgan fingerprint density at radius 2 is 2.32 bits per heavy atom. The normalized spacial score (nSPS) is 19.9. The van der Waals surface area contributed by atoms with Crippen LogP contribution >= 0.6 is 15.9 Å². The molecule has 4 heteroatoms. The van der Waals surface area contributed by atoms with E-state index in [0.717, 1.165) is 29.4 Å². The van der Waals surface area contributed by atoms with E-state index in [0.29, 0.717) is 6.54 Å². The van der Waals surface area contributed by atoms with E-state index in [9.17, 15) is 9.90 Å². The summed E-state index contributed by atoms with van der Waals surface area (Å²) in [5, 5.41) is 9.56. The molecule has 1 fully saturated rings. The quantitative estimate of drug-likeness (QED) is 0.850. The van der Waals surface area contributed by atoms with Crippen molar-refractivity contribution in [2.24, 2.45) is 0 Å². The first-order chi connectivity index (χ1) is 9.06. The van der Waals surface area contributed by atoms with Crippen LogP contribution in [-0.2, 0) is 4.79 Å². The molecule has 1 N–H and O–H groups in total. The molecule has 2 rings (SSSR count). The third kappa shape index (κ3) is 3.91. The zero-order valence-electron chi connectivity index (χ0n) is 11.0. The molecule has 1 atom stereocenters. The summed E-state index contributed by atoms with van der Waals surface area (Å²) in [6.45, 7) is 3.20. The highest BCUT2D eigenvalue weighted by Crippen LogP contribution is 2.20. The average molecular weight is 324 g/mol. The molecule has 1 aromatic rings. The van der Waals surface area contributed by atoms with Crippen LogP contribution in [0.2, 0.25) is 0 Å². The number of carbonyl (C=O) groups is 1. The number of likely N-dealkylation sites (tertiary alicyclic amines) is 1. The van der Waals surface area contributed by atoms with Gasteiger partial charge in [-0.3, -0.25) is 4.79 Å². The van der Waals surface area contributed by atoms with Gasteiger partial charge in [0.05, 0.1) is 6.10 Å². The number of nitrogens with zero attached hydrogens (tertiary/aromatic N) is 1. The minimum absolute atomic E-state index is 0.0359. The van der Waals surface area contributed by atoms with Gasteiger partial charge in [-0.15, -0.1) is 0 Å². The number of aliphatic hydroxyl groups is 1. The van der Waals surface area contributed by atoms with Crippen LogP contribution in [0.15, 0.2) is 28.7 Å². The van der Waals surface area contributed by atoms with Crippen molar-refractivity contribution >= 4 is 27.9 Å². The van der Waals surface area contributed by atoms with Gasteiger partial charge in [-0.25, -0.2) is 0 Å². The number of halogens is 1. The van der Waals surface area contributed by atoms with Crippen molar-refractivity contribution < 1.29 is 9.90 Å². The first-order valence-corrected chi connectivity index (χ1v) is 7.27. The molecule has 0 aliphatic carbocycles. The van der Waals surface area contributed by atoms with Crippen LogP contribution in [0.3, 0.4) is 0 Å². The maximum atomic E-state index is 12.0. The van der Waals surface area contributed by atoms with E-state index in [2.05, 4.69) is 15.9 Å². The van der Waals surface area contributed by atoms with Crippen LogP contribution in [0, 0.1) is 6.92 Å². The Bertz CT molecular complexity index is 499. The predicted octanol–water partition coefficient (Wildman–Crippen LogP) is 2.75. The zero-order chi connectivity index (χ0) is 13.8. The van der Waals surface area contributed by atoms with Gasteiger partial charge in [-0.2, -0.15) is 0 Å². The van der Waals surface area contributed by atoms with Gasteiger partial charge in [0.15, 0.2) is 0 Å². The Morgan fingerprint density at radius 3 is 3.00 bits per heavy atom. The zero-order valence-corrected chi connectivity index (χ0v) is 12.6. The first-order valence-electron chi connectivity index (χ1n) is 6.47. The Kier molecular flexibility index (Phi) is 4.77. The van der Waals surface area contributed by atoms with Gasteiger partial charge in [0, 0.05) is 23.6 Å². The molecule has 1 aromatic carbocycles. The number of hydrogen-bond acceptors (Lipinski definition) is 2. The number of carbonyl (C=O) groups excluding carboxylic acids is 1. The summed E-state index contributed by atoms with van der Waals surface area (Å²) in [5.41, 5.74) is 2.16. The van der Waals surface area contributed by atoms with E-state index < -0.39 is 0 Å². The maximum absolute atomic E-state index is 12.0. The van der Waals surface area contributed by atoms with Crippen molar-refractivity contribution in [3.05, 3.63) is 39.9 Å². The molecule has 1 unspecified atom stereocenters. The Hall–Kier alpha value is -1.13. The minimum Gasteiger partial charge on any atom is -0.391 e. The third-order valence-electron chi connectivity index (χ3n) is 3.27. The van der Waals surface area contributed by atoms with Crippen molar-refractivity contribution in [2.75, 3.05) is 13.1 Å². The Morgan fingerprint density at radius 1 is 1.53 bits per heavy atom. The smallest absolute Gasteiger partial charge is 0.246 e. The summed E-state index contributed by atoms with van der Waals surface area (Å²) in [5.74, 6) is -0.0359. The summed E-state index contributed by atoms with van der Waals surface area (Å²) >= 11 is 3.49. The molecule has 1 amide bonds. The Balaban J connectivity index is 2.03. The Labute approximate surface area is 122 Å². The highest BCUT2D eigenvalue weighted by atomic mass is 79.9. The van der Waals surface area contributed by atoms with Crippen molar-refractivity contribution in [2.45, 2.75) is 25.9 Å². The lowest BCUT2D eigenvalue weighted by molar-refractivity contribution is -0.128. The number of amides is 1. The fraction of sp³-hybridized carbons (Fsp3) is 0.400. The number of piperidine rings is 1. The second-order valence-electron chi connectivity index (χ2n) is 4.94. The highest BCUT2D eigenvalue weighted by molar-refractivity contribution is 9.10. The predicted molar refractivity (Wildman–Crippen MR) is 79.7 cm³/mol. The lowest BCUT2D eigenvalue weighted by Gasteiger charge is -2.29. The summed E-state index contributed by atoms with van der Waals surface area (Å²) < 4.78 is 0.982. The fourth-order valence-electron chi connectivity index (χ4n) is 2.19. The number of aliphatic hydroxyl groups excluding tert-OH is 1. The van der Waals surface area contributed by atoms with Gasteiger partial charge in [0.1, 0.15) is 0 Å². The second kappa shape index (κ2) is 6.35. The number of benzene rings is 1. The minimum atomic E-state index is -0.378. The molecular weight excluding hydrogens is 306 g/mol. The average Bonchev–Trinajstić information content (AvgIpc) is 2.37. The van der Waals surface area contributed by atoms with Crippen molar-refractivity contribution in [3.8, 4) is 0 Å². The molecule has 0 radical (unpaired) electrons. The molecule has 1 aliphatic rings. The van der Waals surface area contributed by atoms with E-state index in [1.807, 2.05) is 31.2 Å². The van der Waals surface area contributed by atoms with Crippen molar-refractivity contribution in [1.29, 1.82) is 0 Å². The topological polar surface area (TPSA) is 40.5 Å². The first kappa shape index (κ1) is 14.3. The van der Waals surface area contributed by atoms with E-state index in [-0.39, 0.29) is 12.0 Å². The summed E-state index contributed by atoms with van der Waals surface area (Å²) in [6.07, 6.45) is 4.67. The molecule has 0 bridgehead atoms. The molecule has 1 heterocycles. The van der Waals surface area contributed by atoms with Gasteiger partial charge in [0.25, 0.3) is 0 Å². The largest absolute Gasteiger partial charge is 0.391 e. The highest BCUT2D eigenvalue weighted by Gasteiger charge is 2.20. The van der Waals surface area contributed by atoms with Crippen LogP contribution in [0.1, 0.15) is 24.0 Å². The molecule has 0 saturated carbocycles. The molecule has 1 saturated heterocycles. The van der Waals surface area contributed by atoms with E-state index in [4.69, 9.17) is 0 Å². The standard InChI is InChI=1S/C15H18BrNO2/c1-11-4-5-12(14(16)9-11)6-7-15(19)17-8-2-3-13(18)10-17/h4-7,9,13,18H,2-3,8,10H2,1H3/b7-6+. The number of hydrogen-bond donors (Lipinski definition) is 1. The molecule has 0 aromatic heterocycles. The molecule has 19 heavy (non-hydrogen) atoms. The van der Waals surface area contributed by atoms with Gasteiger partial charge >= 0.3 is 0 Å². The monoisotopic (exact) mass is 323 g/mol. The number of rotatable bonds is 2. The second-order valence-corrected chi connectivity index (χ2v) is 5.79. The summed E-state index contributed by atoms with van der Waals surface area (Å²) in [4.78, 5) is 13.7. The molecule has 1 aliphatic heterocycles. The van der Waals surface area contributed by atoms with Gasteiger partial charge in [0.2, 0.25) is 5.91 Å². The van der Waals surface area contributed by atoms with E-state index in [1.54, 1.807) is 11.0 Å². The SMILES string of the molecule is Cc1ccc(/C=C/C(=O)N2CCCC(O)C2)c(Br)c1. The summed E-state index contributed by atoms with van der Waals surface area (Å²) in [6, 6.07) is 6.02. The van der Waals surface area contributed by atoms with Crippen LogP contribution in [-0.4, -0.2) is 35.1 Å². The number of aryl methyl sites for hydroxylation is 1. The van der Waals surface area contributed by atoms with Crippen LogP contribution in [0.5, 0.6) is 0 Å². The van der Waals surface area contributed by atoms with E-state index >= 15 is 0 Å². The molecular formula is C15H18BrNO2. The van der Waals surface area contributed by atoms with Gasteiger partial charge in [-0.1, -0.05) is 28.1 Å². The molecule has 3 nitrogen and oxygen atoms in total. The third-order valence-corrected chi connectivity index (χ3v) is 3.96. The van der Waals surface area contributed by atoms with Crippen LogP contribution in [0.25, 0.3) is 6.08 Å². The molecule has 102 valence electrons. The lowest BCUT2D eigenvalue weighted by Crippen LogP contribution is -2.41. The molecule has 0 spiro atoms. The number of β-amino-alcohol motifs (C(OH)–C–C–N with tert-alkyl or cyclic N) is 1.